The van der Waals surface area contributed by atoms with Crippen LogP contribution in [0.25, 0.3) is 44.0 Å². The van der Waals surface area contributed by atoms with Crippen LogP contribution in [0.3, 0.4) is 0 Å². The lowest BCUT2D eigenvalue weighted by molar-refractivity contribution is -0.137. The van der Waals surface area contributed by atoms with E-state index in [1.54, 1.807) is 18.2 Å². The summed E-state index contributed by atoms with van der Waals surface area (Å²) in [7, 11) is -5.16. The van der Waals surface area contributed by atoms with E-state index in [0.717, 1.165) is 37.5 Å². The van der Waals surface area contributed by atoms with Crippen molar-refractivity contribution in [2.45, 2.75) is 36.4 Å². The van der Waals surface area contributed by atoms with Crippen LogP contribution >= 0.6 is 0 Å². The maximum atomic E-state index is 14.3. The van der Waals surface area contributed by atoms with E-state index in [9.17, 15) is 35.5 Å². The predicted octanol–water partition coefficient (Wildman–Crippen LogP) is 6.58. The Hall–Kier alpha value is -4.17. The van der Waals surface area contributed by atoms with Gasteiger partial charge in [-0.25, -0.2) is 0 Å². The van der Waals surface area contributed by atoms with Crippen molar-refractivity contribution in [3.63, 3.8) is 0 Å². The number of nitrogens with zero attached hydrogens (tertiary/aromatic N) is 2. The summed E-state index contributed by atoms with van der Waals surface area (Å²) in [4.78, 5) is 16.1. The van der Waals surface area contributed by atoms with Crippen molar-refractivity contribution in [1.29, 1.82) is 5.26 Å². The molecule has 11 heteroatoms. The molecule has 0 saturated heterocycles. The molecule has 1 saturated carbocycles. The van der Waals surface area contributed by atoms with Crippen molar-refractivity contribution in [2.24, 2.45) is 0 Å². The summed E-state index contributed by atoms with van der Waals surface area (Å²) in [6.45, 7) is 0. The van der Waals surface area contributed by atoms with Crippen LogP contribution in [0.4, 0.5) is 17.1 Å². The van der Waals surface area contributed by atoms with E-state index >= 15 is 0 Å². The Morgan fingerprint density at radius 1 is 1.03 bits per heavy atom. The lowest BCUT2D eigenvalue weighted by Crippen LogP contribution is -2.22. The van der Waals surface area contributed by atoms with E-state index < -0.39 is 32.3 Å². The second-order valence-electron chi connectivity index (χ2n) is 9.38. The van der Waals surface area contributed by atoms with E-state index in [1.807, 2.05) is 10.6 Å². The minimum atomic E-state index is -5.16. The molecule has 0 spiro atoms. The first-order valence-corrected chi connectivity index (χ1v) is 13.1. The highest BCUT2D eigenvalue weighted by atomic mass is 32.3. The van der Waals surface area contributed by atoms with Crippen molar-refractivity contribution < 1.29 is 25.5 Å². The van der Waals surface area contributed by atoms with Crippen LogP contribution in [0.2, 0.25) is 0 Å². The molecule has 0 aliphatic heterocycles. The van der Waals surface area contributed by atoms with Gasteiger partial charge in [0, 0.05) is 22.3 Å². The van der Waals surface area contributed by atoms with E-state index in [0.29, 0.717) is 22.1 Å². The van der Waals surface area contributed by atoms with Crippen molar-refractivity contribution >= 4 is 43.1 Å². The van der Waals surface area contributed by atoms with Gasteiger partial charge in [0.25, 0.3) is 0 Å². The van der Waals surface area contributed by atoms with Crippen molar-refractivity contribution in [2.75, 3.05) is 0 Å². The summed E-state index contributed by atoms with van der Waals surface area (Å²) >= 11 is 0. The third kappa shape index (κ3) is 3.67. The molecule has 1 aliphatic carbocycles. The van der Waals surface area contributed by atoms with Gasteiger partial charge in [0.05, 0.1) is 33.0 Å². The molecule has 6 rings (SSSR count). The Bertz CT molecular complexity index is 2010. The molecule has 38 heavy (non-hydrogen) atoms. The van der Waals surface area contributed by atoms with Crippen LogP contribution in [0.1, 0.15) is 36.4 Å². The Labute approximate surface area is 212 Å². The minimum Gasteiger partial charge on any atom is -0.340 e. The average molecular weight is 540 g/mol. The molecule has 0 unspecified atom stereocenters. The zero-order chi connectivity index (χ0) is 27.0. The predicted molar refractivity (Wildman–Crippen MR) is 134 cm³/mol. The number of rotatable bonds is 3. The molecule has 0 radical (unpaired) electrons. The number of alkyl halides is 3. The highest BCUT2D eigenvalue weighted by Crippen LogP contribution is 2.43. The van der Waals surface area contributed by atoms with E-state index in [1.165, 1.54) is 18.2 Å². The molecule has 0 atom stereocenters. The number of hydrogen-bond acceptors (Lipinski definition) is 4. The number of nitrogens with one attached hydrogen (secondary N) is 1. The molecule has 3 aromatic carbocycles. The molecule has 1 fully saturated rings. The molecule has 1 aliphatic rings. The Kier molecular flexibility index (Phi) is 5.20. The second-order valence-corrected chi connectivity index (χ2v) is 10.7. The minimum absolute atomic E-state index is 0.0914. The fraction of sp³-hybridized carbons (Fsp3) is 0.185. The fourth-order valence-corrected chi connectivity index (χ4v) is 5.71. The monoisotopic (exact) mass is 539 g/mol. The summed E-state index contributed by atoms with van der Waals surface area (Å²) in [5, 5.41) is 9.88. The highest BCUT2D eigenvalue weighted by molar-refractivity contribution is 7.86. The molecule has 192 valence electrons. The second kappa shape index (κ2) is 8.16. The number of pyridine rings is 1. The Morgan fingerprint density at radius 2 is 1.79 bits per heavy atom. The van der Waals surface area contributed by atoms with Crippen LogP contribution in [0.5, 0.6) is 0 Å². The Balaban J connectivity index is 1.78. The summed E-state index contributed by atoms with van der Waals surface area (Å²) < 4.78 is 81.4. The van der Waals surface area contributed by atoms with Gasteiger partial charge in [0.2, 0.25) is 0 Å². The third-order valence-electron chi connectivity index (χ3n) is 7.19. The van der Waals surface area contributed by atoms with Crippen LogP contribution < -0.4 is 5.43 Å². The number of fused-ring (bicyclic) bond motifs is 4. The molecular formula is C27H17F4N3O3S. The fourth-order valence-electron chi connectivity index (χ4n) is 5.20. The normalized spacial score (nSPS) is 14.7. The van der Waals surface area contributed by atoms with Gasteiger partial charge in [-0.05, 0) is 66.8 Å². The van der Waals surface area contributed by atoms with Gasteiger partial charge < -0.3 is 9.55 Å². The van der Waals surface area contributed by atoms with E-state index in [-0.39, 0.29) is 33.5 Å². The topological polar surface area (TPSA) is 95.7 Å². The molecule has 2 heterocycles. The maximum Gasteiger partial charge on any atom is 0.417 e. The first-order valence-electron chi connectivity index (χ1n) is 11.7. The lowest BCUT2D eigenvalue weighted by atomic mass is 9.90. The van der Waals surface area contributed by atoms with Crippen molar-refractivity contribution in [3.8, 4) is 17.2 Å². The van der Waals surface area contributed by atoms with Crippen molar-refractivity contribution in [3.05, 3.63) is 75.9 Å². The number of benzene rings is 3. The van der Waals surface area contributed by atoms with E-state index in [2.05, 4.69) is 4.98 Å². The number of nitriles is 1. The first kappa shape index (κ1) is 24.2. The number of H-pyrrole nitrogens is 1. The smallest absolute Gasteiger partial charge is 0.340 e. The quantitative estimate of drug-likeness (QED) is 0.207. The van der Waals surface area contributed by atoms with Crippen LogP contribution in [-0.4, -0.2) is 18.0 Å². The summed E-state index contributed by atoms with van der Waals surface area (Å²) in [5.41, 5.74) is -0.706. The van der Waals surface area contributed by atoms with Gasteiger partial charge in [-0.1, -0.05) is 18.2 Å². The van der Waals surface area contributed by atoms with Gasteiger partial charge in [-0.3, -0.25) is 4.79 Å². The van der Waals surface area contributed by atoms with Gasteiger partial charge >= 0.3 is 16.4 Å². The average Bonchev–Trinajstić information content (AvgIpc) is 3.22. The van der Waals surface area contributed by atoms with Gasteiger partial charge in [-0.2, -0.15) is 26.9 Å². The van der Waals surface area contributed by atoms with Crippen LogP contribution in [-0.2, 0) is 16.4 Å². The number of aromatic amines is 1. The third-order valence-corrected chi connectivity index (χ3v) is 8.00. The zero-order valence-corrected chi connectivity index (χ0v) is 20.3. The number of hydrogen-bond donors (Lipinski definition) is 1. The molecule has 6 nitrogen and oxygen atoms in total. The summed E-state index contributed by atoms with van der Waals surface area (Å²) in [6, 6.07) is 12.9. The largest absolute Gasteiger partial charge is 0.417 e. The van der Waals surface area contributed by atoms with Gasteiger partial charge in [-0.15, -0.1) is 3.89 Å². The molecule has 0 amide bonds. The zero-order valence-electron chi connectivity index (χ0n) is 19.4. The number of halogens is 4. The SMILES string of the molecule is N#Cc1ccc2c(c1)[nH]c1c2c(=O)c2cc(C(F)(F)F)c(-c3cccc(S(=O)(=O)F)c3)cc2n1C1CCC1. The van der Waals surface area contributed by atoms with Gasteiger partial charge in [0.15, 0.2) is 5.43 Å². The summed E-state index contributed by atoms with van der Waals surface area (Å²) in [5.74, 6) is 0. The molecular weight excluding hydrogens is 522 g/mol. The van der Waals surface area contributed by atoms with Crippen molar-refractivity contribution in [1.82, 2.24) is 9.55 Å². The first-order chi connectivity index (χ1) is 18.0. The van der Waals surface area contributed by atoms with Gasteiger partial charge in [0.1, 0.15) is 5.65 Å². The van der Waals surface area contributed by atoms with Crippen LogP contribution in [0, 0.1) is 11.3 Å². The molecule has 1 N–H and O–H groups in total. The Morgan fingerprint density at radius 3 is 2.42 bits per heavy atom. The molecule has 0 bridgehead atoms. The maximum absolute atomic E-state index is 14.3. The molecule has 2 aromatic heterocycles. The summed E-state index contributed by atoms with van der Waals surface area (Å²) in [6.07, 6.45) is -2.49. The number of aromatic nitrogens is 2. The van der Waals surface area contributed by atoms with E-state index in [4.69, 9.17) is 0 Å². The molecule has 5 aromatic rings. The standard InChI is InChI=1S/C27H17F4N3O3S/c28-27(29,30)21-11-20-23(12-19(21)15-3-1-6-17(10-15)38(31,36)37)34(16-4-2-5-16)26-24(25(20)35)18-8-7-14(13-32)9-22(18)33-26/h1,3,6-12,16,33H,2,4-5H2. The van der Waals surface area contributed by atoms with Crippen LogP contribution in [0.15, 0.2) is 64.3 Å². The highest BCUT2D eigenvalue weighted by Gasteiger charge is 2.36. The lowest BCUT2D eigenvalue weighted by Gasteiger charge is -2.31.